The van der Waals surface area contributed by atoms with E-state index in [9.17, 15) is 4.79 Å². The van der Waals surface area contributed by atoms with Crippen LogP contribution in [0.15, 0.2) is 17.6 Å². The molecule has 1 amide bonds. The Kier molecular flexibility index (Phi) is 6.40. The van der Waals surface area contributed by atoms with Crippen LogP contribution in [-0.4, -0.2) is 63.3 Å². The molecule has 2 fully saturated rings. The van der Waals surface area contributed by atoms with Gasteiger partial charge in [0.15, 0.2) is 5.16 Å². The fraction of sp³-hybridized carbons (Fsp3) is 0.722. The van der Waals surface area contributed by atoms with Gasteiger partial charge in [-0.15, -0.1) is 11.6 Å². The summed E-state index contributed by atoms with van der Waals surface area (Å²) in [5.41, 5.74) is 0.0456. The van der Waals surface area contributed by atoms with E-state index in [4.69, 9.17) is 20.9 Å². The van der Waals surface area contributed by atoms with Crippen LogP contribution in [0, 0.1) is 0 Å². The van der Waals surface area contributed by atoms with E-state index in [1.165, 1.54) is 0 Å². The molecule has 148 valence electrons. The number of hydrogen-bond donors (Lipinski definition) is 0. The second kappa shape index (κ2) is 8.27. The smallest absolute Gasteiger partial charge is 0.399 e. The third kappa shape index (κ3) is 4.61. The number of carbonyl (C=O) groups excluding carboxylic acids is 1. The number of halogens is 1. The quantitative estimate of drug-likeness (QED) is 0.321. The molecule has 9 heteroatoms. The Morgan fingerprint density at radius 3 is 2.48 bits per heavy atom. The predicted molar refractivity (Wildman–Crippen MR) is 109 cm³/mol. The van der Waals surface area contributed by atoms with E-state index in [1.807, 2.05) is 32.6 Å². The molecule has 1 aromatic heterocycles. The molecule has 6 nitrogen and oxygen atoms in total. The Morgan fingerprint density at radius 1 is 1.26 bits per heavy atom. The molecular weight excluding hydrogens is 385 g/mol. The van der Waals surface area contributed by atoms with Crippen LogP contribution in [0.5, 0.6) is 0 Å². The van der Waals surface area contributed by atoms with Crippen LogP contribution < -0.4 is 5.46 Å². The Labute approximate surface area is 170 Å². The molecule has 1 unspecified atom stereocenters. The first-order valence-electron chi connectivity index (χ1n) is 9.39. The molecule has 2 aliphatic rings. The molecule has 0 radical (unpaired) electrons. The van der Waals surface area contributed by atoms with Crippen molar-refractivity contribution in [1.29, 1.82) is 0 Å². The topological polar surface area (TPSA) is 64.5 Å². The molecule has 0 saturated carbocycles. The maximum absolute atomic E-state index is 12.0. The van der Waals surface area contributed by atoms with Crippen LogP contribution in [0.25, 0.3) is 0 Å². The van der Waals surface area contributed by atoms with E-state index in [0.717, 1.165) is 37.0 Å². The van der Waals surface area contributed by atoms with Crippen molar-refractivity contribution < 1.29 is 14.1 Å². The minimum atomic E-state index is -0.454. The summed E-state index contributed by atoms with van der Waals surface area (Å²) in [4.78, 5) is 22.8. The van der Waals surface area contributed by atoms with Gasteiger partial charge in [-0.25, -0.2) is 9.97 Å². The van der Waals surface area contributed by atoms with Crippen LogP contribution in [0.2, 0.25) is 0 Å². The van der Waals surface area contributed by atoms with Gasteiger partial charge in [0.25, 0.3) is 0 Å². The van der Waals surface area contributed by atoms with Crippen LogP contribution in [0.4, 0.5) is 0 Å². The highest BCUT2D eigenvalue weighted by atomic mass is 35.5. The highest BCUT2D eigenvalue weighted by molar-refractivity contribution is 7.99. The van der Waals surface area contributed by atoms with Gasteiger partial charge < -0.3 is 14.2 Å². The molecule has 3 rings (SSSR count). The molecule has 0 N–H and O–H groups in total. The number of likely N-dealkylation sites (tertiary alicyclic amines) is 1. The zero-order valence-corrected chi connectivity index (χ0v) is 18.0. The minimum Gasteiger partial charge on any atom is -0.399 e. The summed E-state index contributed by atoms with van der Waals surface area (Å²) in [7, 11) is -0.454. The standard InChI is InChI=1S/C18H27BClN3O3S/c1-17(2)18(3,4)26-19(25-17)13-10-21-16(22-11-13)27-12-14-7-5-6-8-23(14)15(24)9-20/h10-11,14H,5-9,12H2,1-4H3. The van der Waals surface area contributed by atoms with Crippen LogP contribution in [-0.2, 0) is 14.1 Å². The van der Waals surface area contributed by atoms with Crippen molar-refractivity contribution in [3.05, 3.63) is 12.4 Å². The summed E-state index contributed by atoms with van der Waals surface area (Å²) in [6, 6.07) is 0.196. The van der Waals surface area contributed by atoms with Crippen molar-refractivity contribution in [3.63, 3.8) is 0 Å². The zero-order valence-electron chi connectivity index (χ0n) is 16.4. The second-order valence-corrected chi connectivity index (χ2v) is 9.32. The fourth-order valence-corrected chi connectivity index (χ4v) is 4.35. The van der Waals surface area contributed by atoms with Crippen molar-refractivity contribution in [2.24, 2.45) is 0 Å². The Bertz CT molecular complexity index is 658. The highest BCUT2D eigenvalue weighted by Gasteiger charge is 2.51. The molecule has 0 aliphatic carbocycles. The summed E-state index contributed by atoms with van der Waals surface area (Å²) in [5.74, 6) is 0.831. The lowest BCUT2D eigenvalue weighted by atomic mass is 9.81. The van der Waals surface area contributed by atoms with Crippen LogP contribution in [0.3, 0.4) is 0 Å². The van der Waals surface area contributed by atoms with E-state index in [1.54, 1.807) is 24.2 Å². The minimum absolute atomic E-state index is 0.0130. The van der Waals surface area contributed by atoms with Gasteiger partial charge in [0.05, 0.1) is 11.2 Å². The van der Waals surface area contributed by atoms with Gasteiger partial charge in [0.2, 0.25) is 5.91 Å². The number of rotatable bonds is 5. The van der Waals surface area contributed by atoms with Crippen LogP contribution >= 0.6 is 23.4 Å². The number of nitrogens with zero attached hydrogens (tertiary/aromatic N) is 3. The average Bonchev–Trinajstić information content (AvgIpc) is 2.87. The molecule has 0 bridgehead atoms. The van der Waals surface area contributed by atoms with E-state index in [-0.39, 0.29) is 29.0 Å². The monoisotopic (exact) mass is 411 g/mol. The van der Waals surface area contributed by atoms with Gasteiger partial charge in [-0.2, -0.15) is 0 Å². The van der Waals surface area contributed by atoms with Gasteiger partial charge in [0, 0.05) is 36.2 Å². The van der Waals surface area contributed by atoms with E-state index >= 15 is 0 Å². The first-order valence-corrected chi connectivity index (χ1v) is 10.9. The van der Waals surface area contributed by atoms with Crippen molar-refractivity contribution in [2.45, 2.75) is 69.4 Å². The van der Waals surface area contributed by atoms with Gasteiger partial charge in [-0.1, -0.05) is 11.8 Å². The summed E-state index contributed by atoms with van der Waals surface area (Å²) in [6.45, 7) is 8.89. The van der Waals surface area contributed by atoms with Gasteiger partial charge in [-0.3, -0.25) is 4.79 Å². The Balaban J connectivity index is 1.59. The normalized spacial score (nSPS) is 24.3. The number of alkyl halides is 1. The highest BCUT2D eigenvalue weighted by Crippen LogP contribution is 2.36. The molecule has 27 heavy (non-hydrogen) atoms. The Morgan fingerprint density at radius 2 is 1.89 bits per heavy atom. The first-order chi connectivity index (χ1) is 12.7. The van der Waals surface area contributed by atoms with E-state index in [2.05, 4.69) is 9.97 Å². The lowest BCUT2D eigenvalue weighted by Gasteiger charge is -2.35. The van der Waals surface area contributed by atoms with Crippen LogP contribution in [0.1, 0.15) is 47.0 Å². The summed E-state index contributed by atoms with van der Waals surface area (Å²) in [6.07, 6.45) is 6.71. The number of carbonyl (C=O) groups is 1. The second-order valence-electron chi connectivity index (χ2n) is 8.07. The summed E-state index contributed by atoms with van der Waals surface area (Å²) >= 11 is 7.31. The maximum atomic E-state index is 12.0. The summed E-state index contributed by atoms with van der Waals surface area (Å²) in [5, 5.41) is 0.694. The lowest BCUT2D eigenvalue weighted by Crippen LogP contribution is -2.45. The SMILES string of the molecule is CC1(C)OB(c2cnc(SCC3CCCCN3C(=O)CCl)nc2)OC1(C)C. The van der Waals surface area contributed by atoms with Crippen molar-refractivity contribution >= 4 is 41.9 Å². The van der Waals surface area contributed by atoms with Crippen molar-refractivity contribution in [1.82, 2.24) is 14.9 Å². The number of amides is 1. The first kappa shape index (κ1) is 20.9. The maximum Gasteiger partial charge on any atom is 0.498 e. The molecule has 1 atom stereocenters. The average molecular weight is 412 g/mol. The molecule has 0 aromatic carbocycles. The summed E-state index contributed by atoms with van der Waals surface area (Å²) < 4.78 is 12.1. The molecule has 3 heterocycles. The molecule has 2 aliphatic heterocycles. The largest absolute Gasteiger partial charge is 0.498 e. The number of hydrogen-bond acceptors (Lipinski definition) is 6. The molecule has 0 spiro atoms. The van der Waals surface area contributed by atoms with Crippen molar-refractivity contribution in [2.75, 3.05) is 18.2 Å². The van der Waals surface area contributed by atoms with E-state index in [0.29, 0.717) is 5.16 Å². The molecule has 2 saturated heterocycles. The number of piperidine rings is 1. The molecular formula is C18H27BClN3O3S. The zero-order chi connectivity index (χ0) is 19.7. The van der Waals surface area contributed by atoms with Crippen molar-refractivity contribution in [3.8, 4) is 0 Å². The third-order valence-corrected chi connectivity index (χ3v) is 6.89. The van der Waals surface area contributed by atoms with E-state index < -0.39 is 7.12 Å². The lowest BCUT2D eigenvalue weighted by molar-refractivity contribution is -0.131. The number of thioether (sulfide) groups is 1. The van der Waals surface area contributed by atoms with Gasteiger partial charge in [0.1, 0.15) is 5.88 Å². The predicted octanol–water partition coefficient (Wildman–Crippen LogP) is 2.49. The fourth-order valence-electron chi connectivity index (χ4n) is 3.25. The number of aromatic nitrogens is 2. The Hall–Kier alpha value is -0.825. The third-order valence-electron chi connectivity index (χ3n) is 5.64. The molecule has 1 aromatic rings. The van der Waals surface area contributed by atoms with Gasteiger partial charge >= 0.3 is 7.12 Å². The van der Waals surface area contributed by atoms with Gasteiger partial charge in [-0.05, 0) is 47.0 Å².